The van der Waals surface area contributed by atoms with Gasteiger partial charge in [-0.15, -0.1) is 0 Å². The molecule has 3 heterocycles. The summed E-state index contributed by atoms with van der Waals surface area (Å²) in [6, 6.07) is 10.1. The van der Waals surface area contributed by atoms with Gasteiger partial charge in [0.25, 0.3) is 0 Å². The maximum absolute atomic E-state index is 13.5. The van der Waals surface area contributed by atoms with Crippen molar-refractivity contribution in [3.8, 4) is 0 Å². The summed E-state index contributed by atoms with van der Waals surface area (Å²) in [6.07, 6.45) is 1.72. The summed E-state index contributed by atoms with van der Waals surface area (Å²) < 4.78 is 19.4. The van der Waals surface area contributed by atoms with Crippen molar-refractivity contribution in [1.29, 1.82) is 0 Å². The maximum atomic E-state index is 13.5. The first-order valence-electron chi connectivity index (χ1n) is 10.3. The van der Waals surface area contributed by atoms with Crippen LogP contribution in [0.25, 0.3) is 11.0 Å². The van der Waals surface area contributed by atoms with Gasteiger partial charge in [0.05, 0.1) is 6.04 Å². The monoisotopic (exact) mass is 410 g/mol. The maximum Gasteiger partial charge on any atom is 0.315 e. The second-order valence-electron chi connectivity index (χ2n) is 7.97. The van der Waals surface area contributed by atoms with Crippen LogP contribution in [0.4, 0.5) is 15.0 Å². The molecule has 1 atom stereocenters. The number of urea groups is 1. The number of nitrogens with zero attached hydrogens (tertiary/aromatic N) is 2. The number of halogens is 1. The van der Waals surface area contributed by atoms with Gasteiger partial charge in [-0.1, -0.05) is 6.07 Å². The zero-order valence-corrected chi connectivity index (χ0v) is 17.5. The van der Waals surface area contributed by atoms with Crippen molar-refractivity contribution in [2.75, 3.05) is 18.0 Å². The van der Waals surface area contributed by atoms with Crippen LogP contribution in [0.2, 0.25) is 0 Å². The molecule has 1 aliphatic heterocycles. The van der Waals surface area contributed by atoms with E-state index in [1.807, 2.05) is 39.0 Å². The molecule has 0 spiro atoms. The Hall–Kier alpha value is -3.09. The largest absolute Gasteiger partial charge is 0.459 e. The van der Waals surface area contributed by atoms with E-state index in [2.05, 4.69) is 20.5 Å². The number of amides is 2. The highest BCUT2D eigenvalue weighted by Crippen LogP contribution is 2.30. The van der Waals surface area contributed by atoms with E-state index in [9.17, 15) is 9.18 Å². The van der Waals surface area contributed by atoms with Crippen molar-refractivity contribution in [2.45, 2.75) is 45.7 Å². The number of furan rings is 1. The van der Waals surface area contributed by atoms with Gasteiger partial charge in [0.2, 0.25) is 0 Å². The number of fused-ring (bicyclic) bond motifs is 1. The number of hydrogen-bond acceptors (Lipinski definition) is 4. The van der Waals surface area contributed by atoms with Crippen LogP contribution in [-0.4, -0.2) is 30.1 Å². The number of aryl methyl sites for hydroxylation is 2. The van der Waals surface area contributed by atoms with Gasteiger partial charge in [0, 0.05) is 35.8 Å². The Morgan fingerprint density at radius 2 is 2.00 bits per heavy atom. The molecular weight excluding hydrogens is 383 g/mol. The van der Waals surface area contributed by atoms with E-state index in [0.29, 0.717) is 11.3 Å². The molecule has 1 saturated heterocycles. The van der Waals surface area contributed by atoms with Crippen LogP contribution in [0.5, 0.6) is 0 Å². The van der Waals surface area contributed by atoms with E-state index in [-0.39, 0.29) is 23.9 Å². The highest BCUT2D eigenvalue weighted by atomic mass is 19.1. The average molecular weight is 410 g/mol. The molecule has 1 aliphatic rings. The molecule has 0 aliphatic carbocycles. The number of carbonyl (C=O) groups is 1. The molecule has 6 nitrogen and oxygen atoms in total. The summed E-state index contributed by atoms with van der Waals surface area (Å²) in [6.45, 7) is 7.44. The van der Waals surface area contributed by atoms with Gasteiger partial charge >= 0.3 is 6.03 Å². The number of anilines is 1. The molecule has 1 unspecified atom stereocenters. The molecule has 1 aromatic carbocycles. The second kappa shape index (κ2) is 8.34. The number of nitrogens with one attached hydrogen (secondary N) is 2. The SMILES string of the molecule is Cc1cccc(N2CCC(NC(=O)NC(C)c3oc4ccc(F)cc4c3C)CC2)n1. The lowest BCUT2D eigenvalue weighted by atomic mass is 10.1. The third-order valence-electron chi connectivity index (χ3n) is 5.70. The average Bonchev–Trinajstić information content (AvgIpc) is 3.04. The number of rotatable bonds is 4. The van der Waals surface area contributed by atoms with E-state index < -0.39 is 0 Å². The molecular formula is C23H27FN4O2. The van der Waals surface area contributed by atoms with Gasteiger partial charge in [-0.05, 0) is 63.9 Å². The Morgan fingerprint density at radius 3 is 2.73 bits per heavy atom. The zero-order valence-electron chi connectivity index (χ0n) is 17.5. The Kier molecular flexibility index (Phi) is 5.61. The molecule has 0 saturated carbocycles. The van der Waals surface area contributed by atoms with Crippen LogP contribution in [0.15, 0.2) is 40.8 Å². The van der Waals surface area contributed by atoms with Gasteiger partial charge in [0.15, 0.2) is 0 Å². The van der Waals surface area contributed by atoms with E-state index in [4.69, 9.17) is 4.42 Å². The topological polar surface area (TPSA) is 70.4 Å². The number of pyridine rings is 1. The normalized spacial score (nSPS) is 15.9. The summed E-state index contributed by atoms with van der Waals surface area (Å²) >= 11 is 0. The predicted molar refractivity (Wildman–Crippen MR) is 115 cm³/mol. The fourth-order valence-corrected chi connectivity index (χ4v) is 4.07. The van der Waals surface area contributed by atoms with Crippen molar-refractivity contribution in [2.24, 2.45) is 0 Å². The highest BCUT2D eigenvalue weighted by Gasteiger charge is 2.23. The van der Waals surface area contributed by atoms with Crippen LogP contribution in [0, 0.1) is 19.7 Å². The number of piperidine rings is 1. The van der Waals surface area contributed by atoms with Crippen molar-refractivity contribution < 1.29 is 13.6 Å². The Balaban J connectivity index is 1.32. The van der Waals surface area contributed by atoms with Crippen LogP contribution in [0.1, 0.15) is 42.8 Å². The molecule has 2 N–H and O–H groups in total. The van der Waals surface area contributed by atoms with Crippen molar-refractivity contribution in [3.05, 3.63) is 59.2 Å². The Bertz CT molecular complexity index is 1060. The van der Waals surface area contributed by atoms with Gasteiger partial charge in [-0.2, -0.15) is 0 Å². The van der Waals surface area contributed by atoms with Crippen LogP contribution >= 0.6 is 0 Å². The third kappa shape index (κ3) is 4.25. The van der Waals surface area contributed by atoms with Crippen LogP contribution in [0.3, 0.4) is 0 Å². The van der Waals surface area contributed by atoms with Crippen molar-refractivity contribution in [1.82, 2.24) is 15.6 Å². The number of hydrogen-bond donors (Lipinski definition) is 2. The van der Waals surface area contributed by atoms with Crippen molar-refractivity contribution in [3.63, 3.8) is 0 Å². The number of aromatic nitrogens is 1. The van der Waals surface area contributed by atoms with E-state index in [0.717, 1.165) is 48.4 Å². The van der Waals surface area contributed by atoms with Gasteiger partial charge < -0.3 is 20.0 Å². The molecule has 3 aromatic rings. The minimum Gasteiger partial charge on any atom is -0.459 e. The smallest absolute Gasteiger partial charge is 0.315 e. The predicted octanol–water partition coefficient (Wildman–Crippen LogP) is 4.61. The standard InChI is InChI=1S/C23H27FN4O2/c1-14-5-4-6-21(25-14)28-11-9-18(10-12-28)27-23(29)26-16(3)22-15(2)19-13-17(24)7-8-20(19)30-22/h4-8,13,16,18H,9-12H2,1-3H3,(H2,26,27,29). The lowest BCUT2D eigenvalue weighted by molar-refractivity contribution is 0.230. The molecule has 7 heteroatoms. The van der Waals surface area contributed by atoms with Crippen LogP contribution < -0.4 is 15.5 Å². The molecule has 158 valence electrons. The molecule has 2 aromatic heterocycles. The Morgan fingerprint density at radius 1 is 1.23 bits per heavy atom. The van der Waals surface area contributed by atoms with Gasteiger partial charge in [-0.25, -0.2) is 14.2 Å². The van der Waals surface area contributed by atoms with E-state index in [1.165, 1.54) is 12.1 Å². The summed E-state index contributed by atoms with van der Waals surface area (Å²) in [4.78, 5) is 19.4. The summed E-state index contributed by atoms with van der Waals surface area (Å²) in [5.41, 5.74) is 2.47. The lowest BCUT2D eigenvalue weighted by Crippen LogP contribution is -2.48. The number of benzene rings is 1. The minimum atomic E-state index is -0.322. The second-order valence-corrected chi connectivity index (χ2v) is 7.97. The number of carbonyl (C=O) groups excluding carboxylic acids is 1. The van der Waals surface area contributed by atoms with Gasteiger partial charge in [0.1, 0.15) is 23.0 Å². The van der Waals surface area contributed by atoms with Crippen LogP contribution in [-0.2, 0) is 0 Å². The minimum absolute atomic E-state index is 0.115. The highest BCUT2D eigenvalue weighted by molar-refractivity contribution is 5.82. The first-order valence-corrected chi connectivity index (χ1v) is 10.3. The Labute approximate surface area is 175 Å². The fourth-order valence-electron chi connectivity index (χ4n) is 4.07. The summed E-state index contributed by atoms with van der Waals surface area (Å²) in [5.74, 6) is 1.33. The summed E-state index contributed by atoms with van der Waals surface area (Å²) in [5, 5.41) is 6.75. The first-order chi connectivity index (χ1) is 14.4. The molecule has 2 amide bonds. The quantitative estimate of drug-likeness (QED) is 0.659. The molecule has 1 fully saturated rings. The van der Waals surface area contributed by atoms with E-state index >= 15 is 0 Å². The van der Waals surface area contributed by atoms with Crippen molar-refractivity contribution >= 4 is 22.8 Å². The third-order valence-corrected chi connectivity index (χ3v) is 5.70. The van der Waals surface area contributed by atoms with Gasteiger partial charge in [-0.3, -0.25) is 0 Å². The lowest BCUT2D eigenvalue weighted by Gasteiger charge is -2.33. The molecule has 4 rings (SSSR count). The van der Waals surface area contributed by atoms with E-state index in [1.54, 1.807) is 6.07 Å². The summed E-state index contributed by atoms with van der Waals surface area (Å²) in [7, 11) is 0. The molecule has 0 bridgehead atoms. The first kappa shape index (κ1) is 20.2. The molecule has 30 heavy (non-hydrogen) atoms. The zero-order chi connectivity index (χ0) is 21.3. The fraction of sp³-hybridized carbons (Fsp3) is 0.391. The molecule has 0 radical (unpaired) electrons.